The second-order valence-corrected chi connectivity index (χ2v) is 5.44. The van der Waals surface area contributed by atoms with E-state index in [1.165, 1.54) is 0 Å². The predicted octanol–water partition coefficient (Wildman–Crippen LogP) is 4.41. The SMILES string of the molecule is N#Cc1ccc(OC(c2ccccc2)C(O)c2ccccc2)cc1. The average Bonchev–Trinajstić information content (AvgIpc) is 2.67. The van der Waals surface area contributed by atoms with E-state index in [2.05, 4.69) is 6.07 Å². The summed E-state index contributed by atoms with van der Waals surface area (Å²) in [5, 5.41) is 19.7. The predicted molar refractivity (Wildman–Crippen MR) is 92.4 cm³/mol. The first-order valence-electron chi connectivity index (χ1n) is 7.73. The van der Waals surface area contributed by atoms with E-state index >= 15 is 0 Å². The molecule has 0 saturated carbocycles. The van der Waals surface area contributed by atoms with Crippen LogP contribution in [-0.2, 0) is 0 Å². The van der Waals surface area contributed by atoms with Crippen LogP contribution in [0.2, 0.25) is 0 Å². The maximum atomic E-state index is 10.8. The Morgan fingerprint density at radius 1 is 0.750 bits per heavy atom. The van der Waals surface area contributed by atoms with Crippen LogP contribution in [0.15, 0.2) is 84.9 Å². The number of aliphatic hydroxyl groups is 1. The molecule has 1 N–H and O–H groups in total. The summed E-state index contributed by atoms with van der Waals surface area (Å²) < 4.78 is 6.06. The number of nitriles is 1. The van der Waals surface area contributed by atoms with Gasteiger partial charge in [0.25, 0.3) is 0 Å². The Labute approximate surface area is 141 Å². The molecule has 3 heteroatoms. The maximum absolute atomic E-state index is 10.8. The Morgan fingerprint density at radius 3 is 1.83 bits per heavy atom. The first-order valence-corrected chi connectivity index (χ1v) is 7.73. The van der Waals surface area contributed by atoms with Crippen LogP contribution < -0.4 is 4.74 Å². The number of nitrogens with zero attached hydrogens (tertiary/aromatic N) is 1. The first kappa shape index (κ1) is 15.8. The summed E-state index contributed by atoms with van der Waals surface area (Å²) in [7, 11) is 0. The number of aliphatic hydroxyl groups excluding tert-OH is 1. The molecule has 3 rings (SSSR count). The van der Waals surface area contributed by atoms with Crippen LogP contribution in [0.1, 0.15) is 28.9 Å². The summed E-state index contributed by atoms with van der Waals surface area (Å²) >= 11 is 0. The molecule has 24 heavy (non-hydrogen) atoms. The lowest BCUT2D eigenvalue weighted by atomic mass is 9.98. The summed E-state index contributed by atoms with van der Waals surface area (Å²) in [6.07, 6.45) is -1.34. The fourth-order valence-electron chi connectivity index (χ4n) is 2.54. The van der Waals surface area contributed by atoms with Crippen molar-refractivity contribution >= 4 is 0 Å². The van der Waals surface area contributed by atoms with Crippen molar-refractivity contribution in [3.8, 4) is 11.8 Å². The molecule has 0 radical (unpaired) electrons. The molecular weight excluding hydrogens is 298 g/mol. The van der Waals surface area contributed by atoms with Gasteiger partial charge in [0.1, 0.15) is 11.9 Å². The number of hydrogen-bond donors (Lipinski definition) is 1. The van der Waals surface area contributed by atoms with Gasteiger partial charge < -0.3 is 9.84 Å². The van der Waals surface area contributed by atoms with Crippen molar-refractivity contribution in [3.63, 3.8) is 0 Å². The summed E-state index contributed by atoms with van der Waals surface area (Å²) in [5.41, 5.74) is 2.25. The molecule has 0 amide bonds. The highest BCUT2D eigenvalue weighted by atomic mass is 16.5. The summed E-state index contributed by atoms with van der Waals surface area (Å²) in [6, 6.07) is 28.0. The summed E-state index contributed by atoms with van der Waals surface area (Å²) in [4.78, 5) is 0. The molecule has 0 aromatic heterocycles. The molecule has 0 aliphatic heterocycles. The third-order valence-electron chi connectivity index (χ3n) is 3.80. The van der Waals surface area contributed by atoms with Crippen molar-refractivity contribution in [2.45, 2.75) is 12.2 Å². The van der Waals surface area contributed by atoms with Crippen LogP contribution in [0.5, 0.6) is 5.75 Å². The Morgan fingerprint density at radius 2 is 1.29 bits per heavy atom. The molecule has 0 aliphatic rings. The lowest BCUT2D eigenvalue weighted by Crippen LogP contribution is -2.17. The van der Waals surface area contributed by atoms with Gasteiger partial charge in [-0.25, -0.2) is 0 Å². The van der Waals surface area contributed by atoms with E-state index in [0.29, 0.717) is 11.3 Å². The zero-order chi connectivity index (χ0) is 16.8. The highest BCUT2D eigenvalue weighted by Gasteiger charge is 2.24. The normalized spacial score (nSPS) is 12.8. The highest BCUT2D eigenvalue weighted by molar-refractivity contribution is 5.35. The molecule has 2 unspecified atom stereocenters. The van der Waals surface area contributed by atoms with E-state index in [4.69, 9.17) is 10.00 Å². The van der Waals surface area contributed by atoms with E-state index in [-0.39, 0.29) is 0 Å². The number of hydrogen-bond acceptors (Lipinski definition) is 3. The second-order valence-electron chi connectivity index (χ2n) is 5.44. The molecule has 2 atom stereocenters. The summed E-state index contributed by atoms with van der Waals surface area (Å²) in [5.74, 6) is 0.609. The van der Waals surface area contributed by atoms with Gasteiger partial charge in [0, 0.05) is 0 Å². The molecule has 3 aromatic carbocycles. The van der Waals surface area contributed by atoms with E-state index in [9.17, 15) is 5.11 Å². The highest BCUT2D eigenvalue weighted by Crippen LogP contribution is 2.33. The number of rotatable bonds is 5. The number of benzene rings is 3. The minimum absolute atomic E-state index is 0.540. The lowest BCUT2D eigenvalue weighted by molar-refractivity contribution is 0.0343. The minimum atomic E-state index is -0.802. The third-order valence-corrected chi connectivity index (χ3v) is 3.80. The van der Waals surface area contributed by atoms with Gasteiger partial charge >= 0.3 is 0 Å². The monoisotopic (exact) mass is 315 g/mol. The van der Waals surface area contributed by atoms with Gasteiger partial charge in [0.15, 0.2) is 6.10 Å². The van der Waals surface area contributed by atoms with E-state index in [1.54, 1.807) is 24.3 Å². The summed E-state index contributed by atoms with van der Waals surface area (Å²) in [6.45, 7) is 0. The van der Waals surface area contributed by atoms with Crippen LogP contribution in [-0.4, -0.2) is 5.11 Å². The Kier molecular flexibility index (Phi) is 4.90. The van der Waals surface area contributed by atoms with Crippen molar-refractivity contribution in [2.24, 2.45) is 0 Å². The first-order chi connectivity index (χ1) is 11.8. The fourth-order valence-corrected chi connectivity index (χ4v) is 2.54. The van der Waals surface area contributed by atoms with Crippen LogP contribution in [0.3, 0.4) is 0 Å². The maximum Gasteiger partial charge on any atom is 0.154 e. The Balaban J connectivity index is 1.91. The van der Waals surface area contributed by atoms with Gasteiger partial charge in [-0.05, 0) is 35.4 Å². The molecule has 0 bridgehead atoms. The van der Waals surface area contributed by atoms with E-state index < -0.39 is 12.2 Å². The smallest absolute Gasteiger partial charge is 0.154 e. The van der Waals surface area contributed by atoms with Crippen LogP contribution in [0, 0.1) is 11.3 Å². The molecule has 0 fully saturated rings. The third kappa shape index (κ3) is 3.62. The van der Waals surface area contributed by atoms with Gasteiger partial charge in [-0.2, -0.15) is 5.26 Å². The average molecular weight is 315 g/mol. The van der Waals surface area contributed by atoms with Gasteiger partial charge in [0.2, 0.25) is 0 Å². The minimum Gasteiger partial charge on any atom is -0.483 e. The van der Waals surface area contributed by atoms with Gasteiger partial charge in [-0.3, -0.25) is 0 Å². The molecule has 3 aromatic rings. The molecule has 0 heterocycles. The standard InChI is InChI=1S/C21H17NO2/c22-15-16-11-13-19(14-12-16)24-21(18-9-5-2-6-10-18)20(23)17-7-3-1-4-8-17/h1-14,20-21,23H. The zero-order valence-electron chi connectivity index (χ0n) is 13.0. The molecular formula is C21H17NO2. The molecule has 0 saturated heterocycles. The van der Waals surface area contributed by atoms with Gasteiger partial charge in [0.05, 0.1) is 11.6 Å². The second kappa shape index (κ2) is 7.45. The van der Waals surface area contributed by atoms with Crippen LogP contribution in [0.25, 0.3) is 0 Å². The fraction of sp³-hybridized carbons (Fsp3) is 0.0952. The van der Waals surface area contributed by atoms with Crippen molar-refractivity contribution in [1.29, 1.82) is 5.26 Å². The quantitative estimate of drug-likeness (QED) is 0.758. The molecule has 0 spiro atoms. The van der Waals surface area contributed by atoms with Crippen LogP contribution >= 0.6 is 0 Å². The molecule has 3 nitrogen and oxygen atoms in total. The lowest BCUT2D eigenvalue weighted by Gasteiger charge is -2.25. The molecule has 118 valence electrons. The van der Waals surface area contributed by atoms with Gasteiger partial charge in [-0.15, -0.1) is 0 Å². The van der Waals surface area contributed by atoms with Crippen molar-refractivity contribution in [1.82, 2.24) is 0 Å². The zero-order valence-corrected chi connectivity index (χ0v) is 13.0. The van der Waals surface area contributed by atoms with E-state index in [1.807, 2.05) is 60.7 Å². The van der Waals surface area contributed by atoms with E-state index in [0.717, 1.165) is 11.1 Å². The van der Waals surface area contributed by atoms with Gasteiger partial charge in [-0.1, -0.05) is 60.7 Å². The Hall–Kier alpha value is -3.09. The number of ether oxygens (including phenoxy) is 1. The largest absolute Gasteiger partial charge is 0.483 e. The Bertz CT molecular complexity index is 808. The van der Waals surface area contributed by atoms with Crippen LogP contribution in [0.4, 0.5) is 0 Å². The topological polar surface area (TPSA) is 53.2 Å². The van der Waals surface area contributed by atoms with Crippen molar-refractivity contribution < 1.29 is 9.84 Å². The van der Waals surface area contributed by atoms with Crippen molar-refractivity contribution in [3.05, 3.63) is 102 Å². The molecule has 0 aliphatic carbocycles. The van der Waals surface area contributed by atoms with Crippen molar-refractivity contribution in [2.75, 3.05) is 0 Å².